The highest BCUT2D eigenvalue weighted by Crippen LogP contribution is 2.31. The number of rotatable bonds is 5. The van der Waals surface area contributed by atoms with E-state index in [1.54, 1.807) is 11.3 Å². The number of para-hydroxylation sites is 1. The molecule has 4 nitrogen and oxygen atoms in total. The van der Waals surface area contributed by atoms with Gasteiger partial charge in [0.15, 0.2) is 6.61 Å². The highest BCUT2D eigenvalue weighted by Gasteiger charge is 2.08. The van der Waals surface area contributed by atoms with E-state index in [9.17, 15) is 4.79 Å². The van der Waals surface area contributed by atoms with Gasteiger partial charge in [-0.1, -0.05) is 40.2 Å². The maximum atomic E-state index is 12.2. The second kappa shape index (κ2) is 7.90. The average molecular weight is 439 g/mol. The Kier molecular flexibility index (Phi) is 5.18. The minimum atomic E-state index is -0.209. The van der Waals surface area contributed by atoms with Crippen molar-refractivity contribution in [1.82, 2.24) is 4.98 Å². The molecule has 0 bridgehead atoms. The molecule has 0 saturated carbocycles. The molecular weight excluding hydrogens is 424 g/mol. The Morgan fingerprint density at radius 3 is 2.67 bits per heavy atom. The predicted molar refractivity (Wildman–Crippen MR) is 113 cm³/mol. The molecule has 6 heteroatoms. The summed E-state index contributed by atoms with van der Waals surface area (Å²) in [5, 5.41) is 3.80. The molecule has 3 aromatic carbocycles. The van der Waals surface area contributed by atoms with Crippen molar-refractivity contribution in [2.75, 3.05) is 11.9 Å². The van der Waals surface area contributed by atoms with E-state index >= 15 is 0 Å². The summed E-state index contributed by atoms with van der Waals surface area (Å²) < 4.78 is 7.61. The van der Waals surface area contributed by atoms with E-state index in [2.05, 4.69) is 32.3 Å². The molecule has 1 aromatic heterocycles. The lowest BCUT2D eigenvalue weighted by Gasteiger charge is -2.08. The van der Waals surface area contributed by atoms with Crippen molar-refractivity contribution in [3.63, 3.8) is 0 Å². The highest BCUT2D eigenvalue weighted by molar-refractivity contribution is 9.10. The predicted octanol–water partition coefficient (Wildman–Crippen LogP) is 5.74. The van der Waals surface area contributed by atoms with Gasteiger partial charge in [0.2, 0.25) is 0 Å². The van der Waals surface area contributed by atoms with Gasteiger partial charge in [0.25, 0.3) is 5.91 Å². The number of carbonyl (C=O) groups excluding carboxylic acids is 1. The van der Waals surface area contributed by atoms with Crippen LogP contribution in [0.4, 0.5) is 5.69 Å². The monoisotopic (exact) mass is 438 g/mol. The number of ether oxygens (including phenoxy) is 1. The van der Waals surface area contributed by atoms with Gasteiger partial charge in [-0.2, -0.15) is 0 Å². The van der Waals surface area contributed by atoms with Crippen LogP contribution in [0.2, 0.25) is 0 Å². The SMILES string of the molecule is O=C(COc1ccc(Br)cc1)Nc1cccc(-c2nc3ccccc3s2)c1. The molecule has 0 radical (unpaired) electrons. The van der Waals surface area contributed by atoms with Gasteiger partial charge in [-0.05, 0) is 48.5 Å². The minimum absolute atomic E-state index is 0.0486. The van der Waals surface area contributed by atoms with Crippen LogP contribution < -0.4 is 10.1 Å². The number of aromatic nitrogens is 1. The molecule has 0 spiro atoms. The number of carbonyl (C=O) groups is 1. The molecule has 0 unspecified atom stereocenters. The molecule has 1 amide bonds. The van der Waals surface area contributed by atoms with Gasteiger partial charge in [0.1, 0.15) is 10.8 Å². The van der Waals surface area contributed by atoms with E-state index in [4.69, 9.17) is 4.74 Å². The largest absolute Gasteiger partial charge is 0.484 e. The summed E-state index contributed by atoms with van der Waals surface area (Å²) in [6, 6.07) is 23.1. The van der Waals surface area contributed by atoms with Crippen molar-refractivity contribution in [3.8, 4) is 16.3 Å². The van der Waals surface area contributed by atoms with Crippen molar-refractivity contribution in [3.05, 3.63) is 77.3 Å². The summed E-state index contributed by atoms with van der Waals surface area (Å²) in [7, 11) is 0. The summed E-state index contributed by atoms with van der Waals surface area (Å²) in [5.41, 5.74) is 2.67. The Balaban J connectivity index is 1.44. The van der Waals surface area contributed by atoms with Gasteiger partial charge in [0, 0.05) is 15.7 Å². The quantitative estimate of drug-likeness (QED) is 0.431. The second-order valence-corrected chi connectivity index (χ2v) is 7.80. The Morgan fingerprint density at radius 1 is 1.04 bits per heavy atom. The van der Waals surface area contributed by atoms with E-state index in [-0.39, 0.29) is 12.5 Å². The number of amides is 1. The molecule has 0 atom stereocenters. The summed E-state index contributed by atoms with van der Waals surface area (Å²) in [4.78, 5) is 16.8. The molecule has 0 saturated heterocycles. The lowest BCUT2D eigenvalue weighted by molar-refractivity contribution is -0.118. The zero-order valence-electron chi connectivity index (χ0n) is 14.2. The topological polar surface area (TPSA) is 51.2 Å². The van der Waals surface area contributed by atoms with Crippen molar-refractivity contribution in [1.29, 1.82) is 0 Å². The number of thiazole rings is 1. The van der Waals surface area contributed by atoms with Crippen molar-refractivity contribution in [2.24, 2.45) is 0 Å². The molecule has 0 aliphatic carbocycles. The molecular formula is C21H15BrN2O2S. The third-order valence-corrected chi connectivity index (χ3v) is 5.48. The number of hydrogen-bond donors (Lipinski definition) is 1. The van der Waals surface area contributed by atoms with Gasteiger partial charge in [0.05, 0.1) is 10.2 Å². The Bertz CT molecular complexity index is 1060. The molecule has 1 heterocycles. The normalized spacial score (nSPS) is 10.7. The molecule has 0 aliphatic heterocycles. The Hall–Kier alpha value is -2.70. The molecule has 0 aliphatic rings. The van der Waals surface area contributed by atoms with Crippen LogP contribution in [0.25, 0.3) is 20.8 Å². The fraction of sp³-hybridized carbons (Fsp3) is 0.0476. The van der Waals surface area contributed by atoms with Crippen LogP contribution in [0.1, 0.15) is 0 Å². The summed E-state index contributed by atoms with van der Waals surface area (Å²) >= 11 is 5.00. The first kappa shape index (κ1) is 17.7. The smallest absolute Gasteiger partial charge is 0.262 e. The maximum absolute atomic E-state index is 12.2. The third-order valence-electron chi connectivity index (χ3n) is 3.87. The fourth-order valence-corrected chi connectivity index (χ4v) is 3.83. The van der Waals surface area contributed by atoms with Gasteiger partial charge < -0.3 is 10.1 Å². The lowest BCUT2D eigenvalue weighted by Crippen LogP contribution is -2.20. The van der Waals surface area contributed by atoms with Crippen LogP contribution in [0.15, 0.2) is 77.3 Å². The van der Waals surface area contributed by atoms with E-state index in [0.29, 0.717) is 5.75 Å². The maximum Gasteiger partial charge on any atom is 0.262 e. The average Bonchev–Trinajstić information content (AvgIpc) is 3.12. The van der Waals surface area contributed by atoms with Crippen LogP contribution >= 0.6 is 27.3 Å². The number of halogens is 1. The van der Waals surface area contributed by atoms with E-state index < -0.39 is 0 Å². The van der Waals surface area contributed by atoms with Crippen molar-refractivity contribution in [2.45, 2.75) is 0 Å². The van der Waals surface area contributed by atoms with Crippen molar-refractivity contribution < 1.29 is 9.53 Å². The standard InChI is InChI=1S/C21H15BrN2O2S/c22-15-8-10-17(11-9-15)26-13-20(25)23-16-5-3-4-14(12-16)21-24-18-6-1-2-7-19(18)27-21/h1-12H,13H2,(H,23,25). The number of anilines is 1. The van der Waals surface area contributed by atoms with E-state index in [0.717, 1.165) is 30.9 Å². The number of benzene rings is 3. The molecule has 4 aromatic rings. The van der Waals surface area contributed by atoms with Crippen LogP contribution in [0, 0.1) is 0 Å². The fourth-order valence-electron chi connectivity index (χ4n) is 2.60. The first-order valence-corrected chi connectivity index (χ1v) is 9.92. The van der Waals surface area contributed by atoms with E-state index in [1.807, 2.05) is 66.7 Å². The summed E-state index contributed by atoms with van der Waals surface area (Å²) in [6.07, 6.45) is 0. The highest BCUT2D eigenvalue weighted by atomic mass is 79.9. The third kappa shape index (κ3) is 4.35. The zero-order valence-corrected chi connectivity index (χ0v) is 16.6. The van der Waals surface area contributed by atoms with Gasteiger partial charge >= 0.3 is 0 Å². The van der Waals surface area contributed by atoms with E-state index in [1.165, 1.54) is 0 Å². The van der Waals surface area contributed by atoms with Gasteiger partial charge in [-0.15, -0.1) is 11.3 Å². The van der Waals surface area contributed by atoms with Crippen LogP contribution in [-0.4, -0.2) is 17.5 Å². The molecule has 27 heavy (non-hydrogen) atoms. The number of fused-ring (bicyclic) bond motifs is 1. The molecule has 4 rings (SSSR count). The molecule has 134 valence electrons. The first-order valence-electron chi connectivity index (χ1n) is 8.32. The summed E-state index contributed by atoms with van der Waals surface area (Å²) in [6.45, 7) is -0.0486. The number of nitrogens with zero attached hydrogens (tertiary/aromatic N) is 1. The lowest BCUT2D eigenvalue weighted by atomic mass is 10.2. The minimum Gasteiger partial charge on any atom is -0.484 e. The van der Waals surface area contributed by atoms with Crippen LogP contribution in [0.3, 0.4) is 0 Å². The Morgan fingerprint density at radius 2 is 1.85 bits per heavy atom. The second-order valence-electron chi connectivity index (χ2n) is 5.86. The van der Waals surface area contributed by atoms with Crippen LogP contribution in [0.5, 0.6) is 5.75 Å². The molecule has 0 fully saturated rings. The van der Waals surface area contributed by atoms with Gasteiger partial charge in [-0.3, -0.25) is 4.79 Å². The van der Waals surface area contributed by atoms with Crippen LogP contribution in [-0.2, 0) is 4.79 Å². The van der Waals surface area contributed by atoms with Crippen molar-refractivity contribution >= 4 is 49.1 Å². The number of nitrogens with one attached hydrogen (secondary N) is 1. The number of hydrogen-bond acceptors (Lipinski definition) is 4. The Labute approximate surface area is 169 Å². The zero-order chi connectivity index (χ0) is 18.6. The summed E-state index contributed by atoms with van der Waals surface area (Å²) in [5.74, 6) is 0.441. The van der Waals surface area contributed by atoms with Gasteiger partial charge in [-0.25, -0.2) is 4.98 Å². The first-order chi connectivity index (χ1) is 13.2. The molecule has 1 N–H and O–H groups in total.